The maximum absolute atomic E-state index is 6.04. The average molecular weight is 264 g/mol. The number of nitrogen functional groups attached to an aromatic ring is 1. The van der Waals surface area contributed by atoms with Crippen LogP contribution in [0.15, 0.2) is 18.5 Å². The molecule has 0 radical (unpaired) electrons. The fourth-order valence-electron chi connectivity index (χ4n) is 2.46. The van der Waals surface area contributed by atoms with Crippen molar-refractivity contribution in [3.05, 3.63) is 24.0 Å². The minimum atomic E-state index is 0.0955. The molecule has 1 aromatic rings. The number of aromatic nitrogens is 1. The second-order valence-electron chi connectivity index (χ2n) is 5.49. The van der Waals surface area contributed by atoms with Crippen molar-refractivity contribution in [2.75, 3.05) is 26.4 Å². The van der Waals surface area contributed by atoms with E-state index in [1.54, 1.807) is 6.20 Å². The SMILES string of the molecule is CCNC(Cc1cnccc1N)C(C)(CC)N(C)C. The number of nitrogens with zero attached hydrogens (tertiary/aromatic N) is 2. The topological polar surface area (TPSA) is 54.2 Å². The highest BCUT2D eigenvalue weighted by Crippen LogP contribution is 2.25. The Morgan fingerprint density at radius 1 is 1.42 bits per heavy atom. The first kappa shape index (κ1) is 15.9. The maximum Gasteiger partial charge on any atom is 0.0378 e. The Kier molecular flexibility index (Phi) is 5.76. The first-order chi connectivity index (χ1) is 8.95. The van der Waals surface area contributed by atoms with Gasteiger partial charge in [-0.3, -0.25) is 4.98 Å². The van der Waals surface area contributed by atoms with E-state index in [0.717, 1.165) is 30.6 Å². The summed E-state index contributed by atoms with van der Waals surface area (Å²) in [5.41, 5.74) is 8.09. The Hall–Kier alpha value is -1.13. The fraction of sp³-hybridized carbons (Fsp3) is 0.667. The van der Waals surface area contributed by atoms with Crippen molar-refractivity contribution in [2.24, 2.45) is 0 Å². The standard InChI is InChI=1S/C15H28N4/c1-6-15(3,19(4)5)14(18-7-2)10-12-11-17-9-8-13(12)16/h8-9,11,14,18H,6-7,10H2,1-5H3,(H2,16,17). The zero-order valence-electron chi connectivity index (χ0n) is 12.9. The molecular formula is C15H28N4. The number of likely N-dealkylation sites (N-methyl/N-ethyl adjacent to an activating group) is 2. The summed E-state index contributed by atoms with van der Waals surface area (Å²) < 4.78 is 0. The molecular weight excluding hydrogens is 236 g/mol. The summed E-state index contributed by atoms with van der Waals surface area (Å²) in [4.78, 5) is 6.49. The van der Waals surface area contributed by atoms with E-state index in [1.807, 2.05) is 12.3 Å². The minimum absolute atomic E-state index is 0.0955. The van der Waals surface area contributed by atoms with Crippen molar-refractivity contribution in [1.29, 1.82) is 0 Å². The molecule has 0 fully saturated rings. The Morgan fingerprint density at radius 3 is 2.58 bits per heavy atom. The molecule has 1 aromatic heterocycles. The van der Waals surface area contributed by atoms with Crippen LogP contribution in [-0.2, 0) is 6.42 Å². The van der Waals surface area contributed by atoms with Gasteiger partial charge in [0.15, 0.2) is 0 Å². The predicted octanol–water partition coefficient (Wildman–Crippen LogP) is 1.91. The van der Waals surface area contributed by atoms with Crippen LogP contribution in [0.1, 0.15) is 32.8 Å². The smallest absolute Gasteiger partial charge is 0.0378 e. The molecule has 19 heavy (non-hydrogen) atoms. The Labute approximate surface area is 117 Å². The van der Waals surface area contributed by atoms with Gasteiger partial charge in [-0.25, -0.2) is 0 Å². The van der Waals surface area contributed by atoms with Crippen LogP contribution in [0.4, 0.5) is 5.69 Å². The molecule has 108 valence electrons. The summed E-state index contributed by atoms with van der Waals surface area (Å²) >= 11 is 0. The zero-order chi connectivity index (χ0) is 14.5. The monoisotopic (exact) mass is 264 g/mol. The first-order valence-electron chi connectivity index (χ1n) is 7.04. The third kappa shape index (κ3) is 3.67. The van der Waals surface area contributed by atoms with Crippen LogP contribution < -0.4 is 11.1 Å². The average Bonchev–Trinajstić information content (AvgIpc) is 2.39. The maximum atomic E-state index is 6.04. The number of hydrogen-bond acceptors (Lipinski definition) is 4. The van der Waals surface area contributed by atoms with Crippen molar-refractivity contribution in [3.8, 4) is 0 Å². The highest BCUT2D eigenvalue weighted by atomic mass is 15.2. The summed E-state index contributed by atoms with van der Waals surface area (Å²) in [6.07, 6.45) is 5.60. The molecule has 4 heteroatoms. The molecule has 3 N–H and O–H groups in total. The molecule has 0 bridgehead atoms. The number of nitrogens with two attached hydrogens (primary N) is 1. The summed E-state index contributed by atoms with van der Waals surface area (Å²) in [6.45, 7) is 7.63. The number of pyridine rings is 1. The van der Waals surface area contributed by atoms with Crippen molar-refractivity contribution in [1.82, 2.24) is 15.2 Å². The van der Waals surface area contributed by atoms with Gasteiger partial charge in [0.2, 0.25) is 0 Å². The van der Waals surface area contributed by atoms with Gasteiger partial charge in [0.05, 0.1) is 0 Å². The van der Waals surface area contributed by atoms with Crippen LogP contribution in [0.25, 0.3) is 0 Å². The van der Waals surface area contributed by atoms with Crippen LogP contribution in [-0.4, -0.2) is 42.1 Å². The van der Waals surface area contributed by atoms with Crippen LogP contribution in [0, 0.1) is 0 Å². The number of nitrogens with one attached hydrogen (secondary N) is 1. The van der Waals surface area contributed by atoms with Crippen molar-refractivity contribution in [2.45, 2.75) is 45.2 Å². The molecule has 0 aliphatic carbocycles. The third-order valence-corrected chi connectivity index (χ3v) is 4.30. The van der Waals surface area contributed by atoms with Gasteiger partial charge in [0, 0.05) is 29.7 Å². The van der Waals surface area contributed by atoms with E-state index in [2.05, 4.69) is 50.1 Å². The van der Waals surface area contributed by atoms with E-state index >= 15 is 0 Å². The van der Waals surface area contributed by atoms with Gasteiger partial charge >= 0.3 is 0 Å². The normalized spacial score (nSPS) is 16.3. The van der Waals surface area contributed by atoms with Gasteiger partial charge in [-0.05, 0) is 52.0 Å². The fourth-order valence-corrected chi connectivity index (χ4v) is 2.46. The quantitative estimate of drug-likeness (QED) is 0.790. The van der Waals surface area contributed by atoms with Gasteiger partial charge < -0.3 is 16.0 Å². The summed E-state index contributed by atoms with van der Waals surface area (Å²) in [5.74, 6) is 0. The van der Waals surface area contributed by atoms with Crippen LogP contribution in [0.5, 0.6) is 0 Å². The van der Waals surface area contributed by atoms with Crippen molar-refractivity contribution in [3.63, 3.8) is 0 Å². The highest BCUT2D eigenvalue weighted by molar-refractivity contribution is 5.44. The van der Waals surface area contributed by atoms with Crippen LogP contribution in [0.3, 0.4) is 0 Å². The van der Waals surface area contributed by atoms with E-state index in [9.17, 15) is 0 Å². The molecule has 0 amide bonds. The largest absolute Gasteiger partial charge is 0.398 e. The summed E-state index contributed by atoms with van der Waals surface area (Å²) in [5, 5.41) is 3.61. The molecule has 1 heterocycles. The molecule has 1 rings (SSSR count). The molecule has 0 spiro atoms. The molecule has 0 aliphatic rings. The molecule has 0 saturated carbocycles. The van der Waals surface area contributed by atoms with Crippen molar-refractivity contribution < 1.29 is 0 Å². The Bertz CT molecular complexity index is 391. The second kappa shape index (κ2) is 6.87. The number of hydrogen-bond donors (Lipinski definition) is 2. The molecule has 0 aliphatic heterocycles. The van der Waals surface area contributed by atoms with Gasteiger partial charge in [0.25, 0.3) is 0 Å². The van der Waals surface area contributed by atoms with Gasteiger partial charge in [-0.1, -0.05) is 13.8 Å². The van der Waals surface area contributed by atoms with Gasteiger partial charge in [-0.2, -0.15) is 0 Å². The predicted molar refractivity (Wildman–Crippen MR) is 82.2 cm³/mol. The molecule has 2 unspecified atom stereocenters. The highest BCUT2D eigenvalue weighted by Gasteiger charge is 2.34. The van der Waals surface area contributed by atoms with Crippen molar-refractivity contribution >= 4 is 5.69 Å². The van der Waals surface area contributed by atoms with Gasteiger partial charge in [0.1, 0.15) is 0 Å². The first-order valence-corrected chi connectivity index (χ1v) is 7.04. The lowest BCUT2D eigenvalue weighted by Gasteiger charge is -2.43. The van der Waals surface area contributed by atoms with Gasteiger partial charge in [-0.15, -0.1) is 0 Å². The lowest BCUT2D eigenvalue weighted by molar-refractivity contribution is 0.113. The second-order valence-corrected chi connectivity index (χ2v) is 5.49. The Balaban J connectivity index is 2.98. The Morgan fingerprint density at radius 2 is 2.11 bits per heavy atom. The molecule has 2 atom stereocenters. The van der Waals surface area contributed by atoms with E-state index in [-0.39, 0.29) is 5.54 Å². The lowest BCUT2D eigenvalue weighted by Crippen LogP contribution is -2.57. The van der Waals surface area contributed by atoms with E-state index in [4.69, 9.17) is 5.73 Å². The number of anilines is 1. The molecule has 0 aromatic carbocycles. The molecule has 4 nitrogen and oxygen atoms in total. The van der Waals surface area contributed by atoms with E-state index < -0.39 is 0 Å². The lowest BCUT2D eigenvalue weighted by atomic mass is 9.84. The van der Waals surface area contributed by atoms with E-state index in [1.165, 1.54) is 0 Å². The molecule has 0 saturated heterocycles. The summed E-state index contributed by atoms with van der Waals surface area (Å²) in [6, 6.07) is 2.22. The van der Waals surface area contributed by atoms with E-state index in [0.29, 0.717) is 6.04 Å². The third-order valence-electron chi connectivity index (χ3n) is 4.30. The number of rotatable bonds is 7. The van der Waals surface area contributed by atoms with Crippen LogP contribution in [0.2, 0.25) is 0 Å². The zero-order valence-corrected chi connectivity index (χ0v) is 12.9. The van der Waals surface area contributed by atoms with Crippen LogP contribution >= 0.6 is 0 Å². The summed E-state index contributed by atoms with van der Waals surface area (Å²) in [7, 11) is 4.28. The minimum Gasteiger partial charge on any atom is -0.398 e.